The van der Waals surface area contributed by atoms with E-state index < -0.39 is 11.7 Å². The first-order valence-electron chi connectivity index (χ1n) is 6.37. The van der Waals surface area contributed by atoms with Gasteiger partial charge in [-0.2, -0.15) is 13.2 Å². The zero-order valence-electron chi connectivity index (χ0n) is 12.0. The van der Waals surface area contributed by atoms with E-state index in [1.165, 1.54) is 18.0 Å². The topological polar surface area (TPSA) is 30.9 Å². The molecule has 2 rings (SSSR count). The number of hydrogen-bond donors (Lipinski definition) is 1. The summed E-state index contributed by atoms with van der Waals surface area (Å²) >= 11 is 7.50. The predicted octanol–water partition coefficient (Wildman–Crippen LogP) is 4.47. The smallest absolute Gasteiger partial charge is 0.325 e. The molecule has 0 spiro atoms. The van der Waals surface area contributed by atoms with Gasteiger partial charge in [0.25, 0.3) is 0 Å². The third-order valence-electron chi connectivity index (χ3n) is 2.87. The minimum absolute atomic E-state index is 0.0113. The first-order valence-corrected chi connectivity index (χ1v) is 7.52. The van der Waals surface area contributed by atoms with Crippen molar-refractivity contribution >= 4 is 29.2 Å². The molecule has 0 aliphatic heterocycles. The van der Waals surface area contributed by atoms with Crippen LogP contribution >= 0.6 is 23.5 Å². The fourth-order valence-electron chi connectivity index (χ4n) is 2.10. The Morgan fingerprint density at radius 1 is 1.14 bits per heavy atom. The van der Waals surface area contributed by atoms with Gasteiger partial charge in [0.15, 0.2) is 0 Å². The Morgan fingerprint density at radius 2 is 1.82 bits per heavy atom. The zero-order valence-corrected chi connectivity index (χ0v) is 13.6. The molecule has 22 heavy (non-hydrogen) atoms. The molecule has 0 unspecified atom stereocenters. The molecule has 0 heterocycles. The van der Waals surface area contributed by atoms with E-state index in [0.717, 1.165) is 11.0 Å². The molecule has 2 nitrogen and oxygen atoms in total. The van der Waals surface area contributed by atoms with Crippen LogP contribution in [0.5, 0.6) is 0 Å². The van der Waals surface area contributed by atoms with Gasteiger partial charge in [0.1, 0.15) is 5.69 Å². The Balaban J connectivity index is 2.62. The molecule has 3 N–H and O–H groups in total. The maximum Gasteiger partial charge on any atom is 0.417 e. The first-order chi connectivity index (χ1) is 10.2. The SMILES string of the molecule is CN(C)Sc1cccc(-c2c(Cl)cc([NH3+])cc2C(F)(F)F)c1. The number of hydrogen-bond acceptors (Lipinski definition) is 2. The normalized spacial score (nSPS) is 12.0. The van der Waals surface area contributed by atoms with E-state index in [-0.39, 0.29) is 16.3 Å². The van der Waals surface area contributed by atoms with Crippen LogP contribution in [0.4, 0.5) is 18.9 Å². The number of quaternary nitrogens is 1. The third kappa shape index (κ3) is 3.95. The average Bonchev–Trinajstić information content (AvgIpc) is 2.36. The molecule has 0 aromatic heterocycles. The molecule has 0 bridgehead atoms. The van der Waals surface area contributed by atoms with Gasteiger partial charge in [-0.15, -0.1) is 0 Å². The standard InChI is InChI=1S/C15H14ClF3N2S/c1-21(2)22-11-5-3-4-9(6-11)14-12(15(17,18)19)7-10(20)8-13(14)16/h3-8H,20H2,1-2H3/p+1. The quantitative estimate of drug-likeness (QED) is 0.830. The van der Waals surface area contributed by atoms with Crippen LogP contribution in [-0.4, -0.2) is 18.4 Å². The van der Waals surface area contributed by atoms with Gasteiger partial charge >= 0.3 is 6.18 Å². The van der Waals surface area contributed by atoms with E-state index in [2.05, 4.69) is 5.73 Å². The largest absolute Gasteiger partial charge is 0.417 e. The summed E-state index contributed by atoms with van der Waals surface area (Å²) in [5.74, 6) is 0. The van der Waals surface area contributed by atoms with Crippen LogP contribution in [0, 0.1) is 0 Å². The highest BCUT2D eigenvalue weighted by atomic mass is 35.5. The molecule has 118 valence electrons. The summed E-state index contributed by atoms with van der Waals surface area (Å²) in [7, 11) is 3.73. The first kappa shape index (κ1) is 17.1. The lowest BCUT2D eigenvalue weighted by Gasteiger charge is -2.16. The van der Waals surface area contributed by atoms with E-state index in [1.807, 2.05) is 24.5 Å². The summed E-state index contributed by atoms with van der Waals surface area (Å²) in [5.41, 5.74) is 3.44. The van der Waals surface area contributed by atoms with E-state index in [9.17, 15) is 13.2 Å². The molecule has 0 saturated carbocycles. The molecule has 2 aromatic rings. The van der Waals surface area contributed by atoms with Crippen molar-refractivity contribution in [3.05, 3.63) is 47.0 Å². The Labute approximate surface area is 136 Å². The molecule has 0 aliphatic carbocycles. The van der Waals surface area contributed by atoms with Crippen LogP contribution in [0.3, 0.4) is 0 Å². The van der Waals surface area contributed by atoms with Gasteiger partial charge in [0, 0.05) is 22.6 Å². The van der Waals surface area contributed by atoms with Gasteiger partial charge in [-0.05, 0) is 43.7 Å². The maximum absolute atomic E-state index is 13.3. The Morgan fingerprint density at radius 3 is 2.41 bits per heavy atom. The summed E-state index contributed by atoms with van der Waals surface area (Å²) in [6, 6.07) is 9.34. The van der Waals surface area contributed by atoms with Crippen molar-refractivity contribution in [2.75, 3.05) is 14.1 Å². The van der Waals surface area contributed by atoms with Gasteiger partial charge in [-0.1, -0.05) is 23.7 Å². The van der Waals surface area contributed by atoms with Gasteiger partial charge in [0.2, 0.25) is 0 Å². The second-order valence-electron chi connectivity index (χ2n) is 4.93. The lowest BCUT2D eigenvalue weighted by atomic mass is 9.98. The lowest BCUT2D eigenvalue weighted by Crippen LogP contribution is -2.40. The van der Waals surface area contributed by atoms with Crippen molar-refractivity contribution in [3.63, 3.8) is 0 Å². The van der Waals surface area contributed by atoms with E-state index in [1.54, 1.807) is 18.2 Å². The summed E-state index contributed by atoms with van der Waals surface area (Å²) in [6.45, 7) is 0. The number of rotatable bonds is 3. The number of halogens is 4. The van der Waals surface area contributed by atoms with Gasteiger partial charge in [0.05, 0.1) is 10.6 Å². The van der Waals surface area contributed by atoms with Gasteiger partial charge in [-0.25, -0.2) is 0 Å². The summed E-state index contributed by atoms with van der Waals surface area (Å²) in [6.07, 6.45) is -4.49. The molecular formula is C15H15ClF3N2S+. The minimum atomic E-state index is -4.49. The number of alkyl halides is 3. The van der Waals surface area contributed by atoms with Gasteiger partial charge in [-0.3, -0.25) is 4.31 Å². The van der Waals surface area contributed by atoms with E-state index in [4.69, 9.17) is 11.6 Å². The van der Waals surface area contributed by atoms with Gasteiger partial charge < -0.3 is 5.73 Å². The monoisotopic (exact) mass is 347 g/mol. The fourth-order valence-corrected chi connectivity index (χ4v) is 3.19. The second-order valence-corrected chi connectivity index (χ2v) is 6.72. The molecule has 0 aliphatic rings. The van der Waals surface area contributed by atoms with Crippen LogP contribution in [0.15, 0.2) is 41.3 Å². The fraction of sp³-hybridized carbons (Fsp3) is 0.200. The molecular weight excluding hydrogens is 333 g/mol. The van der Waals surface area contributed by atoms with Crippen molar-refractivity contribution in [2.45, 2.75) is 11.1 Å². The zero-order chi connectivity index (χ0) is 16.5. The summed E-state index contributed by atoms with van der Waals surface area (Å²) in [5, 5.41) is 0.0480. The lowest BCUT2D eigenvalue weighted by molar-refractivity contribution is -0.255. The van der Waals surface area contributed by atoms with Crippen LogP contribution < -0.4 is 5.73 Å². The Kier molecular flexibility index (Phi) is 5.07. The van der Waals surface area contributed by atoms with Crippen molar-refractivity contribution in [1.82, 2.24) is 4.31 Å². The van der Waals surface area contributed by atoms with Crippen LogP contribution in [0.25, 0.3) is 11.1 Å². The molecule has 0 atom stereocenters. The highest BCUT2D eigenvalue weighted by Gasteiger charge is 2.35. The number of benzene rings is 2. The average molecular weight is 348 g/mol. The molecule has 2 aromatic carbocycles. The summed E-state index contributed by atoms with van der Waals surface area (Å²) in [4.78, 5) is 0.838. The minimum Gasteiger partial charge on any atom is -0.325 e. The van der Waals surface area contributed by atoms with Crippen LogP contribution in [0.2, 0.25) is 5.02 Å². The summed E-state index contributed by atoms with van der Waals surface area (Å²) < 4.78 is 41.8. The van der Waals surface area contributed by atoms with Crippen molar-refractivity contribution in [2.24, 2.45) is 0 Å². The van der Waals surface area contributed by atoms with E-state index in [0.29, 0.717) is 5.56 Å². The van der Waals surface area contributed by atoms with Crippen LogP contribution in [0.1, 0.15) is 5.56 Å². The molecule has 7 heteroatoms. The predicted molar refractivity (Wildman–Crippen MR) is 84.0 cm³/mol. The third-order valence-corrected chi connectivity index (χ3v) is 3.99. The molecule has 0 radical (unpaired) electrons. The maximum atomic E-state index is 13.3. The van der Waals surface area contributed by atoms with Crippen LogP contribution in [-0.2, 0) is 6.18 Å². The highest BCUT2D eigenvalue weighted by molar-refractivity contribution is 7.97. The van der Waals surface area contributed by atoms with Crippen molar-refractivity contribution in [3.8, 4) is 11.1 Å². The van der Waals surface area contributed by atoms with E-state index >= 15 is 0 Å². The number of nitrogens with zero attached hydrogens (tertiary/aromatic N) is 1. The Bertz CT molecular complexity index is 687. The second kappa shape index (κ2) is 6.50. The Hall–Kier alpha value is -1.21. The van der Waals surface area contributed by atoms with Crippen molar-refractivity contribution < 1.29 is 18.9 Å². The molecule has 0 saturated heterocycles. The van der Waals surface area contributed by atoms with Crippen molar-refractivity contribution in [1.29, 1.82) is 0 Å². The molecule has 0 amide bonds. The molecule has 0 fully saturated rings. The highest BCUT2D eigenvalue weighted by Crippen LogP contribution is 2.42.